The largest absolute Gasteiger partial charge is 0.416 e. The molecule has 0 radical (unpaired) electrons. The van der Waals surface area contributed by atoms with Gasteiger partial charge in [0.05, 0.1) is 18.0 Å². The summed E-state index contributed by atoms with van der Waals surface area (Å²) in [6.07, 6.45) is -0.971. The van der Waals surface area contributed by atoms with Gasteiger partial charge < -0.3 is 9.80 Å². The Balaban J connectivity index is 1.31. The van der Waals surface area contributed by atoms with Crippen LogP contribution >= 0.6 is 0 Å². The van der Waals surface area contributed by atoms with Crippen LogP contribution in [0.25, 0.3) is 11.2 Å². The molecule has 0 aliphatic carbocycles. The molecule has 3 aromatic heterocycles. The lowest BCUT2D eigenvalue weighted by atomic mass is 9.73. The highest BCUT2D eigenvalue weighted by Crippen LogP contribution is 2.42. The molecule has 0 unspecified atom stereocenters. The first-order chi connectivity index (χ1) is 15.2. The van der Waals surface area contributed by atoms with Crippen molar-refractivity contribution in [3.8, 4) is 0 Å². The number of aromatic nitrogens is 5. The number of piperidine rings is 1. The van der Waals surface area contributed by atoms with Crippen LogP contribution in [0.5, 0.6) is 0 Å². The Labute approximate surface area is 179 Å². The quantitative estimate of drug-likeness (QED) is 0.563. The van der Waals surface area contributed by atoms with E-state index in [2.05, 4.69) is 20.1 Å². The van der Waals surface area contributed by atoms with Crippen LogP contribution in [0.4, 0.5) is 33.6 Å². The van der Waals surface area contributed by atoms with Crippen LogP contribution in [0.15, 0.2) is 30.7 Å². The van der Waals surface area contributed by atoms with Gasteiger partial charge in [0.2, 0.25) is 0 Å². The number of rotatable bonds is 4. The first-order valence-electron chi connectivity index (χ1n) is 10.2. The van der Waals surface area contributed by atoms with Gasteiger partial charge in [-0.2, -0.15) is 18.3 Å². The topological polar surface area (TPSA) is 63.0 Å². The third kappa shape index (κ3) is 3.82. The average Bonchev–Trinajstić information content (AvgIpc) is 3.13. The van der Waals surface area contributed by atoms with Crippen LogP contribution in [0.1, 0.15) is 18.4 Å². The van der Waals surface area contributed by atoms with Crippen LogP contribution in [0, 0.1) is 5.41 Å². The van der Waals surface area contributed by atoms with Crippen LogP contribution in [-0.4, -0.2) is 57.3 Å². The van der Waals surface area contributed by atoms with Crippen molar-refractivity contribution < 1.29 is 22.0 Å². The van der Waals surface area contributed by atoms with Crippen molar-refractivity contribution in [3.63, 3.8) is 0 Å². The number of hydrogen-bond acceptors (Lipinski definition) is 6. The minimum atomic E-state index is -4.41. The standard InChI is InChI=1S/C20H20F5N7/c21-15(22)9-32-18-14(7-28-32)27-8-17(29-18)31-11-19(12-31)3-1-5-30(10-19)16-6-13(2-4-26-16)20(23,24)25/h2,4,6-8,15H,1,3,5,9-12H2. The minimum absolute atomic E-state index is 0.0893. The van der Waals surface area contributed by atoms with Crippen LogP contribution in [0.2, 0.25) is 0 Å². The number of hydrogen-bond donors (Lipinski definition) is 0. The maximum atomic E-state index is 13.1. The highest BCUT2D eigenvalue weighted by Gasteiger charge is 2.46. The van der Waals surface area contributed by atoms with Gasteiger partial charge in [-0.25, -0.2) is 28.4 Å². The maximum absolute atomic E-state index is 13.1. The van der Waals surface area contributed by atoms with Gasteiger partial charge in [-0.15, -0.1) is 0 Å². The number of alkyl halides is 5. The number of nitrogens with zero attached hydrogens (tertiary/aromatic N) is 7. The molecule has 0 aromatic carbocycles. The zero-order valence-corrected chi connectivity index (χ0v) is 16.9. The molecule has 2 aliphatic heterocycles. The third-order valence-corrected chi connectivity index (χ3v) is 6.08. The van der Waals surface area contributed by atoms with Gasteiger partial charge in [0.15, 0.2) is 5.65 Å². The molecule has 2 saturated heterocycles. The number of halogens is 5. The summed E-state index contributed by atoms with van der Waals surface area (Å²) in [5.74, 6) is 0.905. The number of anilines is 2. The Hall–Kier alpha value is -3.05. The molecule has 0 atom stereocenters. The molecule has 7 nitrogen and oxygen atoms in total. The summed E-state index contributed by atoms with van der Waals surface area (Å²) in [7, 11) is 0. The summed E-state index contributed by atoms with van der Waals surface area (Å²) in [5, 5.41) is 3.93. The van der Waals surface area contributed by atoms with Crippen LogP contribution in [0.3, 0.4) is 0 Å². The number of fused-ring (bicyclic) bond motifs is 1. The second-order valence-electron chi connectivity index (χ2n) is 8.44. The lowest BCUT2D eigenvalue weighted by Crippen LogP contribution is -2.63. The third-order valence-electron chi connectivity index (χ3n) is 6.08. The molecule has 5 rings (SSSR count). The molecular weight excluding hydrogens is 433 g/mol. The van der Waals surface area contributed by atoms with Crippen molar-refractivity contribution in [3.05, 3.63) is 36.3 Å². The fourth-order valence-electron chi connectivity index (χ4n) is 4.61. The zero-order valence-electron chi connectivity index (χ0n) is 16.9. The van der Waals surface area contributed by atoms with Gasteiger partial charge >= 0.3 is 6.18 Å². The molecule has 5 heterocycles. The van der Waals surface area contributed by atoms with Gasteiger partial charge in [-0.1, -0.05) is 0 Å². The van der Waals surface area contributed by atoms with E-state index in [4.69, 9.17) is 0 Å². The van der Waals surface area contributed by atoms with Gasteiger partial charge in [0, 0.05) is 37.8 Å². The van der Waals surface area contributed by atoms with Gasteiger partial charge in [-0.3, -0.25) is 0 Å². The summed E-state index contributed by atoms with van der Waals surface area (Å²) < 4.78 is 65.9. The maximum Gasteiger partial charge on any atom is 0.416 e. The molecule has 0 saturated carbocycles. The van der Waals surface area contributed by atoms with E-state index in [1.807, 2.05) is 9.80 Å². The molecule has 0 amide bonds. The van der Waals surface area contributed by atoms with E-state index in [0.29, 0.717) is 49.0 Å². The van der Waals surface area contributed by atoms with E-state index >= 15 is 0 Å². The van der Waals surface area contributed by atoms with Crippen LogP contribution < -0.4 is 9.80 Å². The van der Waals surface area contributed by atoms with Crippen molar-refractivity contribution in [2.45, 2.75) is 32.0 Å². The lowest BCUT2D eigenvalue weighted by Gasteiger charge is -2.55. The highest BCUT2D eigenvalue weighted by molar-refractivity contribution is 5.71. The first-order valence-corrected chi connectivity index (χ1v) is 10.2. The number of pyridine rings is 1. The molecule has 170 valence electrons. The fraction of sp³-hybridized carbons (Fsp3) is 0.500. The van der Waals surface area contributed by atoms with E-state index in [-0.39, 0.29) is 5.41 Å². The van der Waals surface area contributed by atoms with Crippen molar-refractivity contribution in [2.75, 3.05) is 36.0 Å². The molecular formula is C20H20F5N7. The van der Waals surface area contributed by atoms with Gasteiger partial charge in [0.1, 0.15) is 23.7 Å². The molecule has 2 aliphatic rings. The molecule has 0 N–H and O–H groups in total. The summed E-state index contributed by atoms with van der Waals surface area (Å²) in [5.41, 5.74) is -0.0405. The highest BCUT2D eigenvalue weighted by atomic mass is 19.4. The molecule has 12 heteroatoms. The van der Waals surface area contributed by atoms with Gasteiger partial charge in [0.25, 0.3) is 6.43 Å². The Morgan fingerprint density at radius 2 is 1.81 bits per heavy atom. The normalized spacial score (nSPS) is 18.6. The van der Waals surface area contributed by atoms with Crippen LogP contribution in [-0.2, 0) is 12.7 Å². The molecule has 32 heavy (non-hydrogen) atoms. The average molecular weight is 453 g/mol. The second-order valence-corrected chi connectivity index (χ2v) is 8.44. The molecule has 2 fully saturated rings. The predicted octanol–water partition coefficient (Wildman–Crippen LogP) is 3.61. The zero-order chi connectivity index (χ0) is 22.5. The SMILES string of the molecule is FC(F)Cn1ncc2ncc(N3CC4(CCCN(c5cc(C(F)(F)F)ccn5)C4)C3)nc21. The summed E-state index contributed by atoms with van der Waals surface area (Å²) in [6.45, 7) is 2.01. The molecule has 1 spiro atoms. The Morgan fingerprint density at radius 3 is 2.56 bits per heavy atom. The predicted molar refractivity (Wildman–Crippen MR) is 107 cm³/mol. The van der Waals surface area contributed by atoms with E-state index < -0.39 is 24.7 Å². The second kappa shape index (κ2) is 7.52. The van der Waals surface area contributed by atoms with Crippen molar-refractivity contribution >= 4 is 22.8 Å². The summed E-state index contributed by atoms with van der Waals surface area (Å²) in [4.78, 5) is 16.8. The molecule has 3 aromatic rings. The minimum Gasteiger partial charge on any atom is -0.356 e. The smallest absolute Gasteiger partial charge is 0.356 e. The molecule has 0 bridgehead atoms. The van der Waals surface area contributed by atoms with E-state index in [1.54, 1.807) is 6.20 Å². The van der Waals surface area contributed by atoms with E-state index in [0.717, 1.165) is 29.7 Å². The van der Waals surface area contributed by atoms with Crippen molar-refractivity contribution in [1.29, 1.82) is 0 Å². The summed E-state index contributed by atoms with van der Waals surface area (Å²) >= 11 is 0. The summed E-state index contributed by atoms with van der Waals surface area (Å²) in [6, 6.07) is 2.07. The first kappa shape index (κ1) is 20.8. The van der Waals surface area contributed by atoms with Crippen molar-refractivity contribution in [2.24, 2.45) is 5.41 Å². The fourth-order valence-corrected chi connectivity index (χ4v) is 4.61. The monoisotopic (exact) mass is 453 g/mol. The Bertz CT molecular complexity index is 1120. The Morgan fingerprint density at radius 1 is 1.03 bits per heavy atom. The van der Waals surface area contributed by atoms with E-state index in [1.165, 1.54) is 12.4 Å². The van der Waals surface area contributed by atoms with Crippen molar-refractivity contribution in [1.82, 2.24) is 24.7 Å². The lowest BCUT2D eigenvalue weighted by molar-refractivity contribution is -0.137. The van der Waals surface area contributed by atoms with Gasteiger partial charge in [-0.05, 0) is 25.0 Å². The van der Waals surface area contributed by atoms with E-state index in [9.17, 15) is 22.0 Å². The Kier molecular flexibility index (Phi) is 4.90.